The van der Waals surface area contributed by atoms with Gasteiger partial charge in [-0.05, 0) is 19.8 Å². The largest absolute Gasteiger partial charge is 0.395 e. The molecule has 1 fully saturated rings. The number of aliphatic hydroxyl groups is 1. The van der Waals surface area contributed by atoms with Crippen molar-refractivity contribution in [3.05, 3.63) is 17.5 Å². The minimum absolute atomic E-state index is 0.232. The van der Waals surface area contributed by atoms with Gasteiger partial charge in [-0.3, -0.25) is 4.68 Å². The molecule has 1 aromatic heterocycles. The number of aliphatic hydroxyl groups excluding tert-OH is 1. The maximum absolute atomic E-state index is 9.02. The summed E-state index contributed by atoms with van der Waals surface area (Å²) in [5.41, 5.74) is 2.35. The number of rotatable bonds is 2. The third-order valence-electron chi connectivity index (χ3n) is 2.89. The van der Waals surface area contributed by atoms with Crippen LogP contribution in [0.15, 0.2) is 6.20 Å². The molecule has 4 nitrogen and oxygen atoms in total. The molecule has 0 saturated carbocycles. The van der Waals surface area contributed by atoms with Gasteiger partial charge in [-0.1, -0.05) is 0 Å². The van der Waals surface area contributed by atoms with Crippen molar-refractivity contribution in [1.29, 1.82) is 0 Å². The lowest BCUT2D eigenvalue weighted by Gasteiger charge is -2.11. The zero-order chi connectivity index (χ0) is 10.1. The molecule has 1 aromatic rings. The molecule has 2 atom stereocenters. The summed E-state index contributed by atoms with van der Waals surface area (Å²) in [6, 6.07) is 0.639. The third kappa shape index (κ3) is 1.67. The number of nitrogens with one attached hydrogen (secondary N) is 1. The van der Waals surface area contributed by atoms with E-state index in [-0.39, 0.29) is 12.6 Å². The molecule has 78 valence electrons. The van der Waals surface area contributed by atoms with Crippen LogP contribution in [0.3, 0.4) is 0 Å². The molecule has 0 amide bonds. The van der Waals surface area contributed by atoms with Gasteiger partial charge in [0.25, 0.3) is 0 Å². The lowest BCUT2D eigenvalue weighted by Crippen LogP contribution is -2.27. The van der Waals surface area contributed by atoms with E-state index in [4.69, 9.17) is 5.11 Å². The summed E-state index contributed by atoms with van der Waals surface area (Å²) in [6.45, 7) is 2.26. The lowest BCUT2D eigenvalue weighted by atomic mass is 10.1. The Hall–Kier alpha value is -0.870. The minimum atomic E-state index is 0.232. The zero-order valence-corrected chi connectivity index (χ0v) is 8.70. The average molecular weight is 195 g/mol. The molecule has 1 saturated heterocycles. The van der Waals surface area contributed by atoms with E-state index in [1.54, 1.807) is 0 Å². The van der Waals surface area contributed by atoms with Crippen molar-refractivity contribution in [3.63, 3.8) is 0 Å². The Morgan fingerprint density at radius 3 is 2.93 bits per heavy atom. The van der Waals surface area contributed by atoms with Gasteiger partial charge in [0.15, 0.2) is 0 Å². The molecule has 1 unspecified atom stereocenters. The Morgan fingerprint density at radius 1 is 1.64 bits per heavy atom. The molecule has 0 radical (unpaired) electrons. The molecule has 1 aliphatic rings. The van der Waals surface area contributed by atoms with Crippen LogP contribution in [0.4, 0.5) is 0 Å². The summed E-state index contributed by atoms with van der Waals surface area (Å²) >= 11 is 0. The van der Waals surface area contributed by atoms with Crippen molar-refractivity contribution >= 4 is 0 Å². The van der Waals surface area contributed by atoms with Crippen molar-refractivity contribution < 1.29 is 5.11 Å². The summed E-state index contributed by atoms with van der Waals surface area (Å²) in [5.74, 6) is 0. The first-order valence-corrected chi connectivity index (χ1v) is 5.07. The van der Waals surface area contributed by atoms with E-state index in [1.165, 1.54) is 5.56 Å². The second kappa shape index (κ2) is 3.71. The zero-order valence-electron chi connectivity index (χ0n) is 8.70. The van der Waals surface area contributed by atoms with Crippen LogP contribution < -0.4 is 5.32 Å². The molecule has 14 heavy (non-hydrogen) atoms. The first kappa shape index (κ1) is 9.68. The van der Waals surface area contributed by atoms with Crippen molar-refractivity contribution in [2.24, 2.45) is 7.05 Å². The van der Waals surface area contributed by atoms with Gasteiger partial charge < -0.3 is 10.4 Å². The molecule has 2 rings (SSSR count). The number of nitrogens with zero attached hydrogens (tertiary/aromatic N) is 2. The van der Waals surface area contributed by atoms with Gasteiger partial charge in [0, 0.05) is 30.9 Å². The molecular formula is C10H17N3O. The molecule has 0 bridgehead atoms. The highest BCUT2D eigenvalue weighted by atomic mass is 16.3. The van der Waals surface area contributed by atoms with Crippen LogP contribution >= 0.6 is 0 Å². The van der Waals surface area contributed by atoms with E-state index in [9.17, 15) is 0 Å². The first-order valence-electron chi connectivity index (χ1n) is 5.07. The van der Waals surface area contributed by atoms with E-state index in [0.717, 1.165) is 18.5 Å². The van der Waals surface area contributed by atoms with Crippen molar-refractivity contribution in [2.75, 3.05) is 6.61 Å². The van der Waals surface area contributed by atoms with Crippen LogP contribution in [0.25, 0.3) is 0 Å². The molecule has 0 aromatic carbocycles. The summed E-state index contributed by atoms with van der Waals surface area (Å²) < 4.78 is 1.85. The standard InChI is InChI=1S/C10H17N3O/c1-7-9(5-13(2)12-7)10-4-3-8(6-14)11-10/h5,8,10-11,14H,3-4,6H2,1-2H3/t8-,10?/m1/s1. The van der Waals surface area contributed by atoms with E-state index in [2.05, 4.69) is 16.6 Å². The van der Waals surface area contributed by atoms with E-state index in [0.29, 0.717) is 6.04 Å². The Balaban J connectivity index is 2.13. The molecule has 0 spiro atoms. The normalized spacial score (nSPS) is 27.1. The van der Waals surface area contributed by atoms with Gasteiger partial charge in [0.05, 0.1) is 12.3 Å². The van der Waals surface area contributed by atoms with E-state index in [1.807, 2.05) is 18.7 Å². The van der Waals surface area contributed by atoms with E-state index >= 15 is 0 Å². The fourth-order valence-electron chi connectivity index (χ4n) is 2.17. The molecular weight excluding hydrogens is 178 g/mol. The maximum atomic E-state index is 9.02. The predicted molar refractivity (Wildman–Crippen MR) is 53.9 cm³/mol. The first-order chi connectivity index (χ1) is 6.70. The highest BCUT2D eigenvalue weighted by Gasteiger charge is 2.26. The minimum Gasteiger partial charge on any atom is -0.395 e. The molecule has 4 heteroatoms. The van der Waals surface area contributed by atoms with Crippen molar-refractivity contribution in [2.45, 2.75) is 31.8 Å². The Kier molecular flexibility index (Phi) is 2.56. The quantitative estimate of drug-likeness (QED) is 0.723. The van der Waals surface area contributed by atoms with E-state index < -0.39 is 0 Å². The highest BCUT2D eigenvalue weighted by molar-refractivity contribution is 5.21. The van der Waals surface area contributed by atoms with Gasteiger partial charge in [-0.25, -0.2) is 0 Å². The lowest BCUT2D eigenvalue weighted by molar-refractivity contribution is 0.251. The number of aryl methyl sites for hydroxylation is 2. The van der Waals surface area contributed by atoms with Crippen LogP contribution in [-0.4, -0.2) is 27.5 Å². The van der Waals surface area contributed by atoms with Crippen LogP contribution in [0.2, 0.25) is 0 Å². The summed E-state index contributed by atoms with van der Waals surface area (Å²) in [4.78, 5) is 0. The third-order valence-corrected chi connectivity index (χ3v) is 2.89. The Bertz CT molecular complexity index is 321. The fraction of sp³-hybridized carbons (Fsp3) is 0.700. The second-order valence-electron chi connectivity index (χ2n) is 4.02. The summed E-state index contributed by atoms with van der Waals surface area (Å²) in [6.07, 6.45) is 4.21. The van der Waals surface area contributed by atoms with Crippen LogP contribution in [0, 0.1) is 6.92 Å². The molecule has 1 aliphatic heterocycles. The topological polar surface area (TPSA) is 50.1 Å². The smallest absolute Gasteiger partial charge is 0.0641 e. The van der Waals surface area contributed by atoms with Crippen LogP contribution in [-0.2, 0) is 7.05 Å². The fourth-order valence-corrected chi connectivity index (χ4v) is 2.17. The van der Waals surface area contributed by atoms with Gasteiger partial charge in [0.1, 0.15) is 0 Å². The summed E-state index contributed by atoms with van der Waals surface area (Å²) in [7, 11) is 1.94. The van der Waals surface area contributed by atoms with Gasteiger partial charge in [0.2, 0.25) is 0 Å². The monoisotopic (exact) mass is 195 g/mol. The summed E-state index contributed by atoms with van der Waals surface area (Å²) in [5, 5.41) is 16.8. The molecule has 0 aliphatic carbocycles. The van der Waals surface area contributed by atoms with Crippen LogP contribution in [0.5, 0.6) is 0 Å². The van der Waals surface area contributed by atoms with Crippen LogP contribution in [0.1, 0.15) is 30.1 Å². The number of aromatic nitrogens is 2. The number of hydrogen-bond donors (Lipinski definition) is 2. The Labute approximate surface area is 83.9 Å². The molecule has 2 heterocycles. The molecule has 2 N–H and O–H groups in total. The van der Waals surface area contributed by atoms with Gasteiger partial charge in [-0.2, -0.15) is 5.10 Å². The Morgan fingerprint density at radius 2 is 2.43 bits per heavy atom. The number of hydrogen-bond acceptors (Lipinski definition) is 3. The maximum Gasteiger partial charge on any atom is 0.0641 e. The van der Waals surface area contributed by atoms with Gasteiger partial charge in [-0.15, -0.1) is 0 Å². The average Bonchev–Trinajstić information content (AvgIpc) is 2.71. The highest BCUT2D eigenvalue weighted by Crippen LogP contribution is 2.27. The van der Waals surface area contributed by atoms with Crippen molar-refractivity contribution in [3.8, 4) is 0 Å². The predicted octanol–water partition coefficient (Wildman–Crippen LogP) is 0.514. The van der Waals surface area contributed by atoms with Gasteiger partial charge >= 0.3 is 0 Å². The second-order valence-corrected chi connectivity index (χ2v) is 4.02. The van der Waals surface area contributed by atoms with Crippen molar-refractivity contribution in [1.82, 2.24) is 15.1 Å². The SMILES string of the molecule is Cc1nn(C)cc1C1CC[C@H](CO)N1.